The number of alkyl halides is 3. The lowest BCUT2D eigenvalue weighted by atomic mass is 10.00. The van der Waals surface area contributed by atoms with E-state index in [4.69, 9.17) is 0 Å². The van der Waals surface area contributed by atoms with Crippen LogP contribution in [0, 0.1) is 0 Å². The van der Waals surface area contributed by atoms with Gasteiger partial charge in [0.15, 0.2) is 0 Å². The van der Waals surface area contributed by atoms with Crippen LogP contribution in [0.3, 0.4) is 0 Å². The highest BCUT2D eigenvalue weighted by Crippen LogP contribution is 2.36. The number of allylic oxidation sites excluding steroid dienone is 1. The number of hydrogen-bond acceptors (Lipinski definition) is 3. The topological polar surface area (TPSA) is 46.6 Å². The molecular formula is C17H16F3NO3. The molecule has 0 N–H and O–H groups in total. The Morgan fingerprint density at radius 1 is 1.29 bits per heavy atom. The molecule has 0 fully saturated rings. The van der Waals surface area contributed by atoms with Crippen LogP contribution in [0.5, 0.6) is 0 Å². The molecule has 2 rings (SSSR count). The molecule has 1 aromatic rings. The molecule has 0 atom stereocenters. The van der Waals surface area contributed by atoms with Gasteiger partial charge in [-0.05, 0) is 31.6 Å². The van der Waals surface area contributed by atoms with Crippen molar-refractivity contribution in [3.63, 3.8) is 0 Å². The summed E-state index contributed by atoms with van der Waals surface area (Å²) in [5, 5.41) is 0. The molecule has 0 bridgehead atoms. The number of likely N-dealkylation sites (N-methyl/N-ethyl adjacent to an activating group) is 1. The van der Waals surface area contributed by atoms with Crippen LogP contribution in [-0.4, -0.2) is 30.4 Å². The van der Waals surface area contributed by atoms with Crippen LogP contribution < -0.4 is 0 Å². The molecule has 0 spiro atoms. The molecule has 1 aromatic carbocycles. The summed E-state index contributed by atoms with van der Waals surface area (Å²) in [6, 6.07) is 4.88. The van der Waals surface area contributed by atoms with Crippen molar-refractivity contribution < 1.29 is 27.5 Å². The highest BCUT2D eigenvalue weighted by Gasteiger charge is 2.37. The van der Waals surface area contributed by atoms with Crippen molar-refractivity contribution >= 4 is 18.0 Å². The Balaban J connectivity index is 2.64. The van der Waals surface area contributed by atoms with Gasteiger partial charge >= 0.3 is 12.1 Å². The maximum atomic E-state index is 13.1. The molecule has 24 heavy (non-hydrogen) atoms. The van der Waals surface area contributed by atoms with Gasteiger partial charge in [0.2, 0.25) is 0 Å². The average Bonchev–Trinajstić information content (AvgIpc) is 2.76. The van der Waals surface area contributed by atoms with Gasteiger partial charge in [0, 0.05) is 12.2 Å². The first-order valence-electron chi connectivity index (χ1n) is 7.21. The zero-order chi connectivity index (χ0) is 18.1. The largest absolute Gasteiger partial charge is 0.465 e. The second-order valence-electron chi connectivity index (χ2n) is 5.14. The van der Waals surface area contributed by atoms with Crippen molar-refractivity contribution in [2.24, 2.45) is 0 Å². The average molecular weight is 339 g/mol. The zero-order valence-electron chi connectivity index (χ0n) is 13.4. The Kier molecular flexibility index (Phi) is 4.82. The standard InChI is InChI=1S/C17H16F3NO3/c1-4-21-10(2)14(16(23)24-3)12(15(21)22)9-11-7-5-6-8-13(11)17(18,19)20/h5-9H,4H2,1-3H3/b12-9-. The number of halogens is 3. The van der Waals surface area contributed by atoms with Crippen molar-refractivity contribution in [3.8, 4) is 0 Å². The fourth-order valence-corrected chi connectivity index (χ4v) is 2.65. The Morgan fingerprint density at radius 2 is 1.92 bits per heavy atom. The van der Waals surface area contributed by atoms with E-state index in [1.807, 2.05) is 0 Å². The van der Waals surface area contributed by atoms with Gasteiger partial charge in [0.05, 0.1) is 23.8 Å². The highest BCUT2D eigenvalue weighted by molar-refractivity contribution is 6.16. The maximum absolute atomic E-state index is 13.1. The molecule has 1 heterocycles. The van der Waals surface area contributed by atoms with Gasteiger partial charge in [0.1, 0.15) is 0 Å². The molecule has 4 nitrogen and oxygen atoms in total. The van der Waals surface area contributed by atoms with E-state index in [0.717, 1.165) is 19.3 Å². The van der Waals surface area contributed by atoms with E-state index in [0.29, 0.717) is 12.2 Å². The number of benzene rings is 1. The number of ether oxygens (including phenoxy) is 1. The van der Waals surface area contributed by atoms with E-state index >= 15 is 0 Å². The minimum Gasteiger partial charge on any atom is -0.465 e. The summed E-state index contributed by atoms with van der Waals surface area (Å²) in [6.07, 6.45) is -3.47. The second kappa shape index (κ2) is 6.51. The minimum absolute atomic E-state index is 0.0127. The predicted octanol–water partition coefficient (Wildman–Crippen LogP) is 3.40. The number of carbonyl (C=O) groups is 2. The Hall–Kier alpha value is -2.57. The van der Waals surface area contributed by atoms with E-state index in [-0.39, 0.29) is 16.7 Å². The third-order valence-corrected chi connectivity index (χ3v) is 3.78. The molecule has 0 saturated carbocycles. The summed E-state index contributed by atoms with van der Waals surface area (Å²) in [7, 11) is 1.16. The Morgan fingerprint density at radius 3 is 2.46 bits per heavy atom. The normalized spacial score (nSPS) is 17.0. The van der Waals surface area contributed by atoms with Gasteiger partial charge in [-0.15, -0.1) is 0 Å². The van der Waals surface area contributed by atoms with Crippen LogP contribution in [0.1, 0.15) is 25.0 Å². The van der Waals surface area contributed by atoms with E-state index in [2.05, 4.69) is 4.74 Å². The summed E-state index contributed by atoms with van der Waals surface area (Å²) in [5.74, 6) is -1.28. The van der Waals surface area contributed by atoms with Crippen LogP contribution in [-0.2, 0) is 20.5 Å². The number of nitrogens with zero attached hydrogens (tertiary/aromatic N) is 1. The first-order valence-corrected chi connectivity index (χ1v) is 7.21. The highest BCUT2D eigenvalue weighted by atomic mass is 19.4. The van der Waals surface area contributed by atoms with Crippen LogP contribution in [0.15, 0.2) is 41.1 Å². The predicted molar refractivity (Wildman–Crippen MR) is 81.5 cm³/mol. The number of amides is 1. The van der Waals surface area contributed by atoms with Gasteiger partial charge in [-0.3, -0.25) is 4.79 Å². The maximum Gasteiger partial charge on any atom is 0.416 e. The summed E-state index contributed by atoms with van der Waals surface area (Å²) in [4.78, 5) is 25.8. The summed E-state index contributed by atoms with van der Waals surface area (Å²) in [6.45, 7) is 3.57. The van der Waals surface area contributed by atoms with Crippen molar-refractivity contribution in [1.29, 1.82) is 0 Å². The van der Waals surface area contributed by atoms with Gasteiger partial charge in [-0.2, -0.15) is 13.2 Å². The molecule has 0 unspecified atom stereocenters. The molecule has 7 heteroatoms. The number of carbonyl (C=O) groups excluding carboxylic acids is 2. The number of rotatable bonds is 3. The number of esters is 1. The SMILES string of the molecule is CCN1C(=O)/C(=C\c2ccccc2C(F)(F)F)C(C(=O)OC)=C1C. The summed E-state index contributed by atoms with van der Waals surface area (Å²) in [5.41, 5.74) is -0.799. The Bertz CT molecular complexity index is 748. The van der Waals surface area contributed by atoms with Crippen LogP contribution in [0.4, 0.5) is 13.2 Å². The van der Waals surface area contributed by atoms with Gasteiger partial charge < -0.3 is 9.64 Å². The monoisotopic (exact) mass is 339 g/mol. The van der Waals surface area contributed by atoms with E-state index in [9.17, 15) is 22.8 Å². The lowest BCUT2D eigenvalue weighted by Gasteiger charge is -2.14. The lowest BCUT2D eigenvalue weighted by Crippen LogP contribution is -2.24. The first kappa shape index (κ1) is 17.8. The smallest absolute Gasteiger partial charge is 0.416 e. The molecule has 1 amide bonds. The van der Waals surface area contributed by atoms with E-state index < -0.39 is 23.6 Å². The molecule has 1 aliphatic rings. The van der Waals surface area contributed by atoms with Gasteiger partial charge in [-0.25, -0.2) is 4.79 Å². The number of hydrogen-bond donors (Lipinski definition) is 0. The third-order valence-electron chi connectivity index (χ3n) is 3.78. The van der Waals surface area contributed by atoms with Crippen LogP contribution in [0.25, 0.3) is 6.08 Å². The van der Waals surface area contributed by atoms with E-state index in [1.165, 1.54) is 23.1 Å². The molecule has 0 aromatic heterocycles. The minimum atomic E-state index is -4.57. The van der Waals surface area contributed by atoms with Gasteiger partial charge in [-0.1, -0.05) is 18.2 Å². The van der Waals surface area contributed by atoms with E-state index in [1.54, 1.807) is 13.8 Å². The van der Waals surface area contributed by atoms with Crippen LogP contribution in [0.2, 0.25) is 0 Å². The van der Waals surface area contributed by atoms with Crippen molar-refractivity contribution in [3.05, 3.63) is 52.2 Å². The first-order chi connectivity index (χ1) is 11.2. The van der Waals surface area contributed by atoms with Crippen molar-refractivity contribution in [2.75, 3.05) is 13.7 Å². The van der Waals surface area contributed by atoms with Gasteiger partial charge in [0.25, 0.3) is 5.91 Å². The Labute approximate surface area is 137 Å². The molecule has 1 aliphatic heterocycles. The second-order valence-corrected chi connectivity index (χ2v) is 5.14. The molecular weight excluding hydrogens is 323 g/mol. The van der Waals surface area contributed by atoms with Crippen molar-refractivity contribution in [1.82, 2.24) is 4.90 Å². The molecule has 0 saturated heterocycles. The third kappa shape index (κ3) is 3.06. The summed E-state index contributed by atoms with van der Waals surface area (Å²) >= 11 is 0. The lowest BCUT2D eigenvalue weighted by molar-refractivity contribution is -0.138. The molecule has 0 radical (unpaired) electrons. The fraction of sp³-hybridized carbons (Fsp3) is 0.294. The van der Waals surface area contributed by atoms with Crippen LogP contribution >= 0.6 is 0 Å². The number of methoxy groups -OCH3 is 1. The summed E-state index contributed by atoms with van der Waals surface area (Å²) < 4.78 is 44.1. The molecule has 128 valence electrons. The quantitative estimate of drug-likeness (QED) is 0.626. The molecule has 0 aliphatic carbocycles. The zero-order valence-corrected chi connectivity index (χ0v) is 13.4. The fourth-order valence-electron chi connectivity index (χ4n) is 2.65. The van der Waals surface area contributed by atoms with Crippen molar-refractivity contribution in [2.45, 2.75) is 20.0 Å².